The van der Waals surface area contributed by atoms with Gasteiger partial charge in [0.05, 0.1) is 11.0 Å². The monoisotopic (exact) mass is 396 g/mol. The number of Topliss-reactive ketones (excluding diaryl/α,β-unsaturated/α-hetero) is 1. The van der Waals surface area contributed by atoms with E-state index < -0.39 is 34.4 Å². The molecule has 4 nitrogen and oxygen atoms in total. The number of aliphatic hydroxyl groups is 3. The summed E-state index contributed by atoms with van der Waals surface area (Å²) in [5.41, 5.74) is -1.22. The van der Waals surface area contributed by atoms with Crippen LogP contribution in [0.3, 0.4) is 0 Å². The van der Waals surface area contributed by atoms with Gasteiger partial charge in [0.1, 0.15) is 12.2 Å². The minimum atomic E-state index is -1.60. The first kappa shape index (κ1) is 19.9. The highest BCUT2D eigenvalue weighted by Crippen LogP contribution is 2.71. The summed E-state index contributed by atoms with van der Waals surface area (Å²) < 4.78 is 0. The molecule has 4 aliphatic rings. The number of halogens is 1. The molecule has 3 saturated carbocycles. The molecule has 27 heavy (non-hydrogen) atoms. The molecule has 4 aliphatic carbocycles. The van der Waals surface area contributed by atoms with Crippen molar-refractivity contribution in [3.05, 3.63) is 11.6 Å². The molecule has 152 valence electrons. The van der Waals surface area contributed by atoms with Crippen LogP contribution in [0.5, 0.6) is 0 Å². The van der Waals surface area contributed by atoms with Crippen molar-refractivity contribution in [2.24, 2.45) is 28.6 Å². The van der Waals surface area contributed by atoms with Gasteiger partial charge in [-0.15, -0.1) is 11.6 Å². The predicted octanol–water partition coefficient (Wildman–Crippen LogP) is 3.21. The van der Waals surface area contributed by atoms with Crippen LogP contribution in [0.1, 0.15) is 65.7 Å². The molecule has 0 aromatic rings. The molecule has 0 amide bonds. The number of carbonyl (C=O) groups excluding carboxylic acids is 1. The summed E-state index contributed by atoms with van der Waals surface area (Å²) in [6, 6.07) is 0. The molecule has 0 saturated heterocycles. The van der Waals surface area contributed by atoms with Gasteiger partial charge in [-0.25, -0.2) is 0 Å². The maximum atomic E-state index is 12.6. The van der Waals surface area contributed by atoms with Crippen LogP contribution in [0.15, 0.2) is 11.6 Å². The SMILES string of the molecule is C[C@H]1C[C@H]2[C@@H]3CCC4=CCCC[C@]4(C)[C@@]3(Cl)[C@@H](O)C[C@]2(C)[C@@]1(O)C(=O)CO. The van der Waals surface area contributed by atoms with Crippen molar-refractivity contribution in [3.8, 4) is 0 Å². The van der Waals surface area contributed by atoms with Gasteiger partial charge in [-0.3, -0.25) is 4.79 Å². The Morgan fingerprint density at radius 2 is 2.04 bits per heavy atom. The van der Waals surface area contributed by atoms with Gasteiger partial charge in [0.25, 0.3) is 0 Å². The van der Waals surface area contributed by atoms with E-state index in [0.717, 1.165) is 32.1 Å². The number of alkyl halides is 1. The van der Waals surface area contributed by atoms with E-state index in [4.69, 9.17) is 11.6 Å². The van der Waals surface area contributed by atoms with Crippen LogP contribution in [0, 0.1) is 28.6 Å². The van der Waals surface area contributed by atoms with Crippen LogP contribution in [-0.4, -0.2) is 44.3 Å². The smallest absolute Gasteiger partial charge is 0.190 e. The number of ketones is 1. The van der Waals surface area contributed by atoms with Gasteiger partial charge >= 0.3 is 0 Å². The third kappa shape index (κ3) is 2.14. The van der Waals surface area contributed by atoms with Crippen molar-refractivity contribution in [2.45, 2.75) is 82.3 Å². The van der Waals surface area contributed by atoms with Crippen LogP contribution < -0.4 is 0 Å². The molecule has 8 atom stereocenters. The Hall–Kier alpha value is -0.420. The van der Waals surface area contributed by atoms with E-state index in [-0.39, 0.29) is 23.2 Å². The maximum absolute atomic E-state index is 12.6. The second kappa shape index (κ2) is 6.04. The highest BCUT2D eigenvalue weighted by molar-refractivity contribution is 6.25. The highest BCUT2D eigenvalue weighted by Gasteiger charge is 2.74. The number of aliphatic hydroxyl groups excluding tert-OH is 2. The zero-order chi connectivity index (χ0) is 19.8. The summed E-state index contributed by atoms with van der Waals surface area (Å²) in [6.45, 7) is 5.38. The molecule has 5 heteroatoms. The topological polar surface area (TPSA) is 77.8 Å². The Morgan fingerprint density at radius 1 is 1.33 bits per heavy atom. The largest absolute Gasteiger partial charge is 0.391 e. The first-order valence-corrected chi connectivity index (χ1v) is 10.9. The van der Waals surface area contributed by atoms with Gasteiger partial charge in [0.2, 0.25) is 0 Å². The minimum Gasteiger partial charge on any atom is -0.391 e. The predicted molar refractivity (Wildman–Crippen MR) is 104 cm³/mol. The van der Waals surface area contributed by atoms with Crippen molar-refractivity contribution in [1.29, 1.82) is 0 Å². The molecule has 0 unspecified atom stereocenters. The van der Waals surface area contributed by atoms with Crippen LogP contribution >= 0.6 is 11.6 Å². The number of hydrogen-bond donors (Lipinski definition) is 3. The zero-order valence-corrected chi connectivity index (χ0v) is 17.4. The van der Waals surface area contributed by atoms with E-state index in [1.807, 2.05) is 13.8 Å². The third-order valence-electron chi connectivity index (χ3n) is 9.26. The van der Waals surface area contributed by atoms with E-state index in [1.165, 1.54) is 5.57 Å². The molecule has 0 heterocycles. The first-order valence-electron chi connectivity index (χ1n) is 10.5. The van der Waals surface area contributed by atoms with E-state index in [2.05, 4.69) is 13.0 Å². The normalized spacial score (nSPS) is 54.6. The lowest BCUT2D eigenvalue weighted by Crippen LogP contribution is -2.69. The average molecular weight is 397 g/mol. The number of fused-ring (bicyclic) bond motifs is 5. The van der Waals surface area contributed by atoms with Gasteiger partial charge in [-0.1, -0.05) is 32.4 Å². The van der Waals surface area contributed by atoms with Gasteiger partial charge in [0.15, 0.2) is 5.78 Å². The van der Waals surface area contributed by atoms with Gasteiger partial charge in [0, 0.05) is 10.8 Å². The summed E-state index contributed by atoms with van der Waals surface area (Å²) in [6.07, 6.45) is 7.56. The second-order valence-corrected chi connectivity index (χ2v) is 10.7. The fourth-order valence-electron chi connectivity index (χ4n) is 7.81. The fraction of sp³-hybridized carbons (Fsp3) is 0.864. The molecule has 0 radical (unpaired) electrons. The number of carbonyl (C=O) groups is 1. The molecular formula is C22H33ClO4. The summed E-state index contributed by atoms with van der Waals surface area (Å²) in [7, 11) is 0. The molecule has 0 aliphatic heterocycles. The quantitative estimate of drug-likeness (QED) is 0.494. The lowest BCUT2D eigenvalue weighted by atomic mass is 9.45. The van der Waals surface area contributed by atoms with Crippen LogP contribution in [0.2, 0.25) is 0 Å². The van der Waals surface area contributed by atoms with E-state index >= 15 is 0 Å². The minimum absolute atomic E-state index is 0.0520. The number of rotatable bonds is 2. The molecule has 4 rings (SSSR count). The maximum Gasteiger partial charge on any atom is 0.190 e. The fourth-order valence-corrected chi connectivity index (χ4v) is 8.36. The summed E-state index contributed by atoms with van der Waals surface area (Å²) >= 11 is 7.42. The van der Waals surface area contributed by atoms with Gasteiger partial charge in [-0.05, 0) is 62.7 Å². The zero-order valence-electron chi connectivity index (χ0n) is 16.7. The van der Waals surface area contributed by atoms with Gasteiger partial charge in [-0.2, -0.15) is 0 Å². The Kier molecular flexibility index (Phi) is 4.45. The Bertz CT molecular complexity index is 692. The molecule has 0 aromatic carbocycles. The lowest BCUT2D eigenvalue weighted by molar-refractivity contribution is -0.181. The van der Waals surface area contributed by atoms with E-state index in [1.54, 1.807) is 0 Å². The van der Waals surface area contributed by atoms with E-state index in [0.29, 0.717) is 12.8 Å². The molecular weight excluding hydrogens is 364 g/mol. The summed E-state index contributed by atoms with van der Waals surface area (Å²) in [5, 5.41) is 32.4. The Morgan fingerprint density at radius 3 is 2.70 bits per heavy atom. The van der Waals surface area contributed by atoms with Crippen LogP contribution in [0.4, 0.5) is 0 Å². The van der Waals surface area contributed by atoms with Crippen molar-refractivity contribution < 1.29 is 20.1 Å². The second-order valence-electron chi connectivity index (χ2n) is 10.1. The first-order chi connectivity index (χ1) is 12.6. The van der Waals surface area contributed by atoms with Crippen molar-refractivity contribution in [3.63, 3.8) is 0 Å². The Balaban J connectivity index is 1.82. The number of hydrogen-bond acceptors (Lipinski definition) is 4. The van der Waals surface area contributed by atoms with Crippen molar-refractivity contribution in [2.75, 3.05) is 6.61 Å². The van der Waals surface area contributed by atoms with Crippen LogP contribution in [-0.2, 0) is 4.79 Å². The summed E-state index contributed by atoms with van der Waals surface area (Å²) in [5.74, 6) is -0.658. The number of allylic oxidation sites excluding steroid dienone is 2. The van der Waals surface area contributed by atoms with Gasteiger partial charge < -0.3 is 15.3 Å². The van der Waals surface area contributed by atoms with Crippen LogP contribution in [0.25, 0.3) is 0 Å². The van der Waals surface area contributed by atoms with Crippen molar-refractivity contribution in [1.82, 2.24) is 0 Å². The average Bonchev–Trinajstić information content (AvgIpc) is 2.83. The molecule has 0 aromatic heterocycles. The summed E-state index contributed by atoms with van der Waals surface area (Å²) in [4.78, 5) is 11.9. The third-order valence-corrected chi connectivity index (χ3v) is 10.2. The molecule has 3 fully saturated rings. The Labute approximate surface area is 167 Å². The lowest BCUT2D eigenvalue weighted by Gasteiger charge is -2.65. The highest BCUT2D eigenvalue weighted by atomic mass is 35.5. The van der Waals surface area contributed by atoms with Crippen molar-refractivity contribution >= 4 is 17.4 Å². The molecule has 0 bridgehead atoms. The standard InChI is InChI=1S/C22H33ClO4/c1-13-10-16-15-8-7-14-6-4-5-9-19(14,2)21(15,23)17(25)11-20(16,3)22(13,27)18(26)12-24/h6,13,15-17,24-25,27H,4-5,7-12H2,1-3H3/t13-,15-,16-,17-,19-,20-,21-,22-/m0/s1. The van der Waals surface area contributed by atoms with E-state index in [9.17, 15) is 20.1 Å². The molecule has 3 N–H and O–H groups in total. The molecule has 0 spiro atoms.